The lowest BCUT2D eigenvalue weighted by atomic mass is 9.97. The molecule has 2 heterocycles. The first-order valence-corrected chi connectivity index (χ1v) is 35.1. The van der Waals surface area contributed by atoms with Crippen LogP contribution in [-0.2, 0) is 23.7 Å². The lowest BCUT2D eigenvalue weighted by Crippen LogP contribution is -2.65. The standard InChI is InChI=1S/C76H125NO13/c1-3-5-7-9-11-13-15-17-19-21-23-25-27-28-29-30-31-32-33-34-35-36-38-40-42-44-46-48-50-52-54-56-58-60-68(81)77-64(63-87-75-73(86)71(84)74(67(62-79)89-75)90-76-72(85)70(83)69(82)66(61-78)88-76)65(80)59-57-55-53-51-49-47-45-43-41-39-37-26-24-22-20-18-16-14-12-10-8-6-4-2/h5,7,11,13,17,19,23,25,28-29,31-32,34-35,38,40-41,43-44,46,49,51,57,59,64-67,69-76,78-80,82-86H,3-4,6,8-10,12,14-16,18,20-22,24,26-27,30,33,36-37,39,42,45,47-48,50,52-56,58,60-63H2,1-2H3,(H,77,81)/b7-5-,13-11-,19-17-,25-23-,29-28-,32-31-,35-34-,40-38-,43-41+,46-44-,51-49+,59-57+. The van der Waals surface area contributed by atoms with E-state index in [-0.39, 0.29) is 18.9 Å². The van der Waals surface area contributed by atoms with Crippen molar-refractivity contribution in [3.8, 4) is 0 Å². The normalized spacial score (nSPS) is 23.8. The van der Waals surface area contributed by atoms with Crippen molar-refractivity contribution in [3.63, 3.8) is 0 Å². The molecule has 0 spiro atoms. The van der Waals surface area contributed by atoms with Gasteiger partial charge in [-0.1, -0.05) is 256 Å². The zero-order valence-electron chi connectivity index (χ0n) is 55.6. The molecule has 2 saturated heterocycles. The van der Waals surface area contributed by atoms with Crippen molar-refractivity contribution < 1.29 is 64.6 Å². The van der Waals surface area contributed by atoms with Crippen LogP contribution in [0.25, 0.3) is 0 Å². The molecule has 2 aliphatic rings. The topological polar surface area (TPSA) is 228 Å². The highest BCUT2D eigenvalue weighted by Crippen LogP contribution is 2.30. The van der Waals surface area contributed by atoms with E-state index in [2.05, 4.69) is 153 Å². The summed E-state index contributed by atoms with van der Waals surface area (Å²) in [5.74, 6) is -0.278. The zero-order chi connectivity index (χ0) is 65.2. The summed E-state index contributed by atoms with van der Waals surface area (Å²) in [6, 6.07) is -0.962. The summed E-state index contributed by atoms with van der Waals surface area (Å²) in [5.41, 5.74) is 0. The van der Waals surface area contributed by atoms with Gasteiger partial charge in [0.25, 0.3) is 0 Å². The Labute approximate surface area is 544 Å². The van der Waals surface area contributed by atoms with E-state index in [1.54, 1.807) is 6.08 Å². The smallest absolute Gasteiger partial charge is 0.220 e. The molecule has 0 aromatic carbocycles. The molecule has 2 fully saturated rings. The van der Waals surface area contributed by atoms with Crippen molar-refractivity contribution in [2.24, 2.45) is 0 Å². The highest BCUT2D eigenvalue weighted by Gasteiger charge is 2.51. The molecule has 12 atom stereocenters. The van der Waals surface area contributed by atoms with Crippen LogP contribution in [0.1, 0.15) is 232 Å². The van der Waals surface area contributed by atoms with Gasteiger partial charge < -0.3 is 65.1 Å². The monoisotopic (exact) mass is 1260 g/mol. The molecule has 0 saturated carbocycles. The minimum Gasteiger partial charge on any atom is -0.394 e. The summed E-state index contributed by atoms with van der Waals surface area (Å²) in [6.07, 6.45) is 71.8. The number of rotatable bonds is 55. The quantitative estimate of drug-likeness (QED) is 0.0204. The van der Waals surface area contributed by atoms with Crippen LogP contribution in [0.5, 0.6) is 0 Å². The number of hydrogen-bond acceptors (Lipinski definition) is 13. The van der Waals surface area contributed by atoms with Gasteiger partial charge in [-0.05, 0) is 116 Å². The van der Waals surface area contributed by atoms with Crippen LogP contribution >= 0.6 is 0 Å². The molecule has 512 valence electrons. The molecule has 0 aromatic rings. The number of carbonyl (C=O) groups is 1. The molecule has 90 heavy (non-hydrogen) atoms. The summed E-state index contributed by atoms with van der Waals surface area (Å²) in [4.78, 5) is 13.3. The molecule has 14 heteroatoms. The number of nitrogens with one attached hydrogen (secondary N) is 1. The number of carbonyl (C=O) groups excluding carboxylic acids is 1. The second-order valence-corrected chi connectivity index (χ2v) is 23.9. The molecule has 9 N–H and O–H groups in total. The molecular formula is C76H125NO13. The van der Waals surface area contributed by atoms with E-state index < -0.39 is 86.8 Å². The summed E-state index contributed by atoms with van der Waals surface area (Å²) >= 11 is 0. The number of aliphatic hydroxyl groups excluding tert-OH is 8. The van der Waals surface area contributed by atoms with Crippen molar-refractivity contribution in [1.29, 1.82) is 0 Å². The molecular weight excluding hydrogens is 1130 g/mol. The van der Waals surface area contributed by atoms with Crippen LogP contribution in [0, 0.1) is 0 Å². The maximum Gasteiger partial charge on any atom is 0.220 e. The predicted molar refractivity (Wildman–Crippen MR) is 368 cm³/mol. The van der Waals surface area contributed by atoms with Crippen LogP contribution in [0.3, 0.4) is 0 Å². The Bertz CT molecular complexity index is 2070. The van der Waals surface area contributed by atoms with Gasteiger partial charge in [-0.2, -0.15) is 0 Å². The van der Waals surface area contributed by atoms with Crippen molar-refractivity contribution in [1.82, 2.24) is 5.32 Å². The number of amides is 1. The van der Waals surface area contributed by atoms with Crippen molar-refractivity contribution in [2.75, 3.05) is 19.8 Å². The number of allylic oxidation sites excluding steroid dienone is 23. The van der Waals surface area contributed by atoms with Crippen LogP contribution in [0.4, 0.5) is 0 Å². The van der Waals surface area contributed by atoms with E-state index in [1.807, 2.05) is 6.08 Å². The molecule has 0 bridgehead atoms. The average Bonchev–Trinajstić information content (AvgIpc) is 1.41. The third-order valence-electron chi connectivity index (χ3n) is 16.0. The number of aliphatic hydroxyl groups is 8. The fourth-order valence-electron chi connectivity index (χ4n) is 10.4. The van der Waals surface area contributed by atoms with E-state index in [1.165, 1.54) is 83.5 Å². The average molecular weight is 1260 g/mol. The molecule has 2 rings (SSSR count). The molecule has 12 unspecified atom stereocenters. The fourth-order valence-corrected chi connectivity index (χ4v) is 10.4. The molecule has 1 amide bonds. The van der Waals surface area contributed by atoms with Crippen LogP contribution < -0.4 is 5.32 Å². The third kappa shape index (κ3) is 42.2. The summed E-state index contributed by atoms with van der Waals surface area (Å²) in [7, 11) is 0. The van der Waals surface area contributed by atoms with E-state index in [9.17, 15) is 45.6 Å². The SMILES string of the molecule is CC/C=C\C/C=C\C/C=C\C/C=C\C/C=C\C/C=C\C/C=C\C/C=C\C/C=C\CCCCCCCC(=O)NC(COC1OC(CO)C(OC2OC(CO)C(O)C(O)C2O)C(O)C1O)C(O)/C=C/CC/C=C/CC/C=C/CCCCCCCCCCCCCCC. The van der Waals surface area contributed by atoms with Crippen LogP contribution in [0.15, 0.2) is 146 Å². The Hall–Kier alpha value is -4.13. The Morgan fingerprint density at radius 3 is 1.22 bits per heavy atom. The summed E-state index contributed by atoms with van der Waals surface area (Å²) in [6.45, 7) is 2.64. The van der Waals surface area contributed by atoms with Gasteiger partial charge in [0.2, 0.25) is 5.91 Å². The molecule has 14 nitrogen and oxygen atoms in total. The summed E-state index contributed by atoms with van der Waals surface area (Å²) in [5, 5.41) is 87.4. The van der Waals surface area contributed by atoms with Gasteiger partial charge in [-0.25, -0.2) is 0 Å². The second-order valence-electron chi connectivity index (χ2n) is 23.9. The first-order chi connectivity index (χ1) is 44.1. The first-order valence-electron chi connectivity index (χ1n) is 35.1. The van der Waals surface area contributed by atoms with Crippen molar-refractivity contribution in [2.45, 2.75) is 306 Å². The van der Waals surface area contributed by atoms with E-state index in [4.69, 9.17) is 18.9 Å². The predicted octanol–water partition coefficient (Wildman–Crippen LogP) is 14.5. The first kappa shape index (κ1) is 82.0. The van der Waals surface area contributed by atoms with Gasteiger partial charge in [0, 0.05) is 6.42 Å². The van der Waals surface area contributed by atoms with Gasteiger partial charge in [0.05, 0.1) is 32.0 Å². The maximum absolute atomic E-state index is 13.3. The van der Waals surface area contributed by atoms with Gasteiger partial charge in [0.1, 0.15) is 48.8 Å². The van der Waals surface area contributed by atoms with Crippen molar-refractivity contribution in [3.05, 3.63) is 146 Å². The third-order valence-corrected chi connectivity index (χ3v) is 16.0. The van der Waals surface area contributed by atoms with Crippen LogP contribution in [-0.4, -0.2) is 140 Å². The lowest BCUT2D eigenvalue weighted by Gasteiger charge is -2.46. The van der Waals surface area contributed by atoms with Crippen LogP contribution in [0.2, 0.25) is 0 Å². The number of hydrogen-bond donors (Lipinski definition) is 9. The summed E-state index contributed by atoms with van der Waals surface area (Å²) < 4.78 is 22.8. The van der Waals surface area contributed by atoms with Gasteiger partial charge in [0.15, 0.2) is 12.6 Å². The largest absolute Gasteiger partial charge is 0.394 e. The van der Waals surface area contributed by atoms with Gasteiger partial charge in [-0.15, -0.1) is 0 Å². The zero-order valence-corrected chi connectivity index (χ0v) is 55.6. The highest BCUT2D eigenvalue weighted by molar-refractivity contribution is 5.76. The minimum absolute atomic E-state index is 0.237. The Morgan fingerprint density at radius 2 is 0.778 bits per heavy atom. The van der Waals surface area contributed by atoms with Gasteiger partial charge in [-0.3, -0.25) is 4.79 Å². The minimum atomic E-state index is -1.80. The van der Waals surface area contributed by atoms with E-state index >= 15 is 0 Å². The Balaban J connectivity index is 1.73. The number of unbranched alkanes of at least 4 members (excludes halogenated alkanes) is 20. The van der Waals surface area contributed by atoms with Gasteiger partial charge >= 0.3 is 0 Å². The number of ether oxygens (including phenoxy) is 4. The fraction of sp³-hybridized carbons (Fsp3) is 0.671. The molecule has 2 aliphatic heterocycles. The maximum atomic E-state index is 13.3. The van der Waals surface area contributed by atoms with E-state index in [0.29, 0.717) is 12.8 Å². The molecule has 0 aliphatic carbocycles. The van der Waals surface area contributed by atoms with Crippen molar-refractivity contribution >= 4 is 5.91 Å². The Morgan fingerprint density at radius 1 is 0.411 bits per heavy atom. The second kappa shape index (κ2) is 58.7. The Kier molecular flexibility index (Phi) is 53.4. The van der Waals surface area contributed by atoms with E-state index in [0.717, 1.165) is 116 Å². The lowest BCUT2D eigenvalue weighted by molar-refractivity contribution is -0.359. The molecule has 0 aromatic heterocycles. The highest BCUT2D eigenvalue weighted by atomic mass is 16.7. The molecule has 0 radical (unpaired) electrons.